The molecule has 0 radical (unpaired) electrons. The Hall–Kier alpha value is -2.21. The van der Waals surface area contributed by atoms with Crippen molar-refractivity contribution >= 4 is 21.6 Å². The summed E-state index contributed by atoms with van der Waals surface area (Å²) in [5.74, 6) is 0.488. The standard InChI is InChI=1S/C15H11BrFN3O/c1-8-4-11(17)2-3-13(8)14-19-15(21-20-14)9-5-10(16)7-12(18)6-9/h2-7H,18H2,1H3. The fraction of sp³-hybridized carbons (Fsp3) is 0.0667. The molecule has 21 heavy (non-hydrogen) atoms. The molecular weight excluding hydrogens is 337 g/mol. The number of anilines is 1. The zero-order valence-electron chi connectivity index (χ0n) is 11.1. The maximum Gasteiger partial charge on any atom is 0.258 e. The topological polar surface area (TPSA) is 64.9 Å². The van der Waals surface area contributed by atoms with Crippen LogP contribution in [-0.2, 0) is 0 Å². The number of nitrogens with zero attached hydrogens (tertiary/aromatic N) is 2. The normalized spacial score (nSPS) is 10.8. The summed E-state index contributed by atoms with van der Waals surface area (Å²) in [6, 6.07) is 9.81. The molecule has 3 rings (SSSR count). The highest BCUT2D eigenvalue weighted by Gasteiger charge is 2.13. The highest BCUT2D eigenvalue weighted by Crippen LogP contribution is 2.28. The minimum Gasteiger partial charge on any atom is -0.399 e. The van der Waals surface area contributed by atoms with Crippen molar-refractivity contribution in [1.82, 2.24) is 10.1 Å². The molecule has 0 bridgehead atoms. The first kappa shape index (κ1) is 13.8. The van der Waals surface area contributed by atoms with E-state index in [4.69, 9.17) is 10.3 Å². The largest absolute Gasteiger partial charge is 0.399 e. The van der Waals surface area contributed by atoms with E-state index < -0.39 is 0 Å². The molecule has 1 aromatic heterocycles. The van der Waals surface area contributed by atoms with Crippen LogP contribution in [0.2, 0.25) is 0 Å². The van der Waals surface area contributed by atoms with Crippen molar-refractivity contribution in [1.29, 1.82) is 0 Å². The molecule has 0 aliphatic heterocycles. The average molecular weight is 348 g/mol. The van der Waals surface area contributed by atoms with E-state index in [0.717, 1.165) is 21.2 Å². The first-order valence-electron chi connectivity index (χ1n) is 6.19. The first-order chi connectivity index (χ1) is 10.0. The van der Waals surface area contributed by atoms with Gasteiger partial charge in [-0.3, -0.25) is 0 Å². The summed E-state index contributed by atoms with van der Waals surface area (Å²) in [6.45, 7) is 1.80. The monoisotopic (exact) mass is 347 g/mol. The van der Waals surface area contributed by atoms with Crippen molar-refractivity contribution in [3.8, 4) is 22.8 Å². The van der Waals surface area contributed by atoms with Gasteiger partial charge in [-0.1, -0.05) is 21.1 Å². The van der Waals surface area contributed by atoms with Crippen molar-refractivity contribution in [3.05, 3.63) is 52.3 Å². The molecule has 0 amide bonds. The van der Waals surface area contributed by atoms with Gasteiger partial charge in [0, 0.05) is 21.3 Å². The Morgan fingerprint density at radius 2 is 2.00 bits per heavy atom. The van der Waals surface area contributed by atoms with Crippen LogP contribution < -0.4 is 5.73 Å². The van der Waals surface area contributed by atoms with E-state index >= 15 is 0 Å². The fourth-order valence-corrected chi connectivity index (χ4v) is 2.57. The Balaban J connectivity index is 2.03. The van der Waals surface area contributed by atoms with Gasteiger partial charge in [0.25, 0.3) is 5.89 Å². The third kappa shape index (κ3) is 2.80. The van der Waals surface area contributed by atoms with E-state index in [-0.39, 0.29) is 5.82 Å². The number of aryl methyl sites for hydroxylation is 1. The second-order valence-corrected chi connectivity index (χ2v) is 5.57. The second kappa shape index (κ2) is 5.29. The van der Waals surface area contributed by atoms with Crippen LogP contribution in [-0.4, -0.2) is 10.1 Å². The van der Waals surface area contributed by atoms with Crippen LogP contribution in [0.25, 0.3) is 22.8 Å². The lowest BCUT2D eigenvalue weighted by atomic mass is 10.1. The second-order valence-electron chi connectivity index (χ2n) is 4.66. The molecule has 106 valence electrons. The van der Waals surface area contributed by atoms with E-state index in [0.29, 0.717) is 17.4 Å². The molecule has 4 nitrogen and oxygen atoms in total. The molecule has 0 aliphatic carbocycles. The number of nitrogens with two attached hydrogens (primary N) is 1. The van der Waals surface area contributed by atoms with Gasteiger partial charge in [-0.25, -0.2) is 4.39 Å². The van der Waals surface area contributed by atoms with Crippen LogP contribution in [0.5, 0.6) is 0 Å². The highest BCUT2D eigenvalue weighted by molar-refractivity contribution is 9.10. The maximum atomic E-state index is 13.1. The summed E-state index contributed by atoms with van der Waals surface area (Å²) < 4.78 is 19.2. The summed E-state index contributed by atoms with van der Waals surface area (Å²) in [7, 11) is 0. The number of hydrogen-bond acceptors (Lipinski definition) is 4. The van der Waals surface area contributed by atoms with E-state index in [1.165, 1.54) is 12.1 Å². The Morgan fingerprint density at radius 3 is 2.71 bits per heavy atom. The molecule has 0 saturated carbocycles. The predicted octanol–water partition coefficient (Wildman–Crippen LogP) is 4.20. The van der Waals surface area contributed by atoms with Crippen molar-refractivity contribution in [2.24, 2.45) is 0 Å². The Bertz CT molecular complexity index is 796. The van der Waals surface area contributed by atoms with Crippen LogP contribution in [0.15, 0.2) is 45.4 Å². The van der Waals surface area contributed by atoms with Gasteiger partial charge in [0.05, 0.1) is 0 Å². The first-order valence-corrected chi connectivity index (χ1v) is 6.99. The zero-order chi connectivity index (χ0) is 15.0. The van der Waals surface area contributed by atoms with E-state index in [2.05, 4.69) is 26.1 Å². The summed E-state index contributed by atoms with van der Waals surface area (Å²) >= 11 is 3.37. The third-order valence-electron chi connectivity index (χ3n) is 3.02. The Morgan fingerprint density at radius 1 is 1.19 bits per heavy atom. The number of aromatic nitrogens is 2. The van der Waals surface area contributed by atoms with Crippen molar-refractivity contribution in [2.45, 2.75) is 6.92 Å². The molecule has 2 N–H and O–H groups in total. The van der Waals surface area contributed by atoms with E-state index in [1.807, 2.05) is 6.07 Å². The molecule has 0 aliphatic rings. The fourth-order valence-electron chi connectivity index (χ4n) is 2.06. The number of benzene rings is 2. The number of hydrogen-bond donors (Lipinski definition) is 1. The molecule has 1 heterocycles. The molecule has 0 saturated heterocycles. The Kier molecular flexibility index (Phi) is 3.47. The van der Waals surface area contributed by atoms with Gasteiger partial charge >= 0.3 is 0 Å². The zero-order valence-corrected chi connectivity index (χ0v) is 12.7. The van der Waals surface area contributed by atoms with Gasteiger partial charge in [-0.05, 0) is 48.9 Å². The summed E-state index contributed by atoms with van der Waals surface area (Å²) in [5, 5.41) is 3.95. The molecule has 0 atom stereocenters. The van der Waals surface area contributed by atoms with Crippen molar-refractivity contribution in [3.63, 3.8) is 0 Å². The van der Waals surface area contributed by atoms with Crippen molar-refractivity contribution < 1.29 is 8.91 Å². The molecule has 0 fully saturated rings. The molecule has 6 heteroatoms. The summed E-state index contributed by atoms with van der Waals surface area (Å²) in [6.07, 6.45) is 0. The molecule has 2 aromatic carbocycles. The van der Waals surface area contributed by atoms with Crippen LogP contribution in [0, 0.1) is 12.7 Å². The van der Waals surface area contributed by atoms with Gasteiger partial charge in [0.2, 0.25) is 5.82 Å². The lowest BCUT2D eigenvalue weighted by Gasteiger charge is -2.00. The van der Waals surface area contributed by atoms with Gasteiger partial charge in [-0.2, -0.15) is 4.98 Å². The van der Waals surface area contributed by atoms with Gasteiger partial charge in [-0.15, -0.1) is 0 Å². The van der Waals surface area contributed by atoms with Crippen LogP contribution in [0.4, 0.5) is 10.1 Å². The van der Waals surface area contributed by atoms with Gasteiger partial charge in [0.15, 0.2) is 0 Å². The van der Waals surface area contributed by atoms with Crippen LogP contribution in [0.3, 0.4) is 0 Å². The SMILES string of the molecule is Cc1cc(F)ccc1-c1noc(-c2cc(N)cc(Br)c2)n1. The van der Waals surface area contributed by atoms with E-state index in [9.17, 15) is 4.39 Å². The van der Waals surface area contributed by atoms with E-state index in [1.54, 1.807) is 25.1 Å². The number of halogens is 2. The minimum absolute atomic E-state index is 0.292. The lowest BCUT2D eigenvalue weighted by Crippen LogP contribution is -1.88. The molecule has 0 spiro atoms. The van der Waals surface area contributed by atoms with Crippen LogP contribution in [0.1, 0.15) is 5.56 Å². The maximum absolute atomic E-state index is 13.1. The smallest absolute Gasteiger partial charge is 0.258 e. The lowest BCUT2D eigenvalue weighted by molar-refractivity contribution is 0.432. The minimum atomic E-state index is -0.292. The summed E-state index contributed by atoms with van der Waals surface area (Å²) in [4.78, 5) is 4.35. The van der Waals surface area contributed by atoms with Gasteiger partial charge in [0.1, 0.15) is 5.82 Å². The quantitative estimate of drug-likeness (QED) is 0.705. The predicted molar refractivity (Wildman–Crippen MR) is 82.0 cm³/mol. The average Bonchev–Trinajstić information content (AvgIpc) is 2.87. The molecular formula is C15H11BrFN3O. The van der Waals surface area contributed by atoms with Crippen LogP contribution >= 0.6 is 15.9 Å². The number of rotatable bonds is 2. The van der Waals surface area contributed by atoms with Crippen molar-refractivity contribution in [2.75, 3.05) is 5.73 Å². The highest BCUT2D eigenvalue weighted by atomic mass is 79.9. The number of nitrogen functional groups attached to an aromatic ring is 1. The third-order valence-corrected chi connectivity index (χ3v) is 3.48. The molecule has 0 unspecified atom stereocenters. The summed E-state index contributed by atoms with van der Waals surface area (Å²) in [5.41, 5.74) is 8.59. The molecule has 3 aromatic rings. The van der Waals surface area contributed by atoms with Gasteiger partial charge < -0.3 is 10.3 Å². The Labute approximate surface area is 128 Å².